The maximum atomic E-state index is 12.4. The zero-order valence-electron chi connectivity index (χ0n) is 14.0. The van der Waals surface area contributed by atoms with Crippen LogP contribution >= 0.6 is 0 Å². The third-order valence-electron chi connectivity index (χ3n) is 4.23. The molecule has 1 aliphatic heterocycles. The highest BCUT2D eigenvalue weighted by Crippen LogP contribution is 2.26. The number of ether oxygens (including phenoxy) is 1. The van der Waals surface area contributed by atoms with Crippen molar-refractivity contribution in [3.63, 3.8) is 0 Å². The van der Waals surface area contributed by atoms with E-state index in [9.17, 15) is 14.7 Å². The fourth-order valence-electron chi connectivity index (χ4n) is 2.89. The molecule has 130 valence electrons. The first-order chi connectivity index (χ1) is 12.1. The second kappa shape index (κ2) is 7.36. The van der Waals surface area contributed by atoms with Crippen molar-refractivity contribution in [3.05, 3.63) is 59.2 Å². The second-order valence-corrected chi connectivity index (χ2v) is 5.91. The van der Waals surface area contributed by atoms with Crippen LogP contribution in [0.25, 0.3) is 0 Å². The predicted molar refractivity (Wildman–Crippen MR) is 95.6 cm³/mol. The van der Waals surface area contributed by atoms with Crippen LogP contribution in [0.3, 0.4) is 0 Å². The van der Waals surface area contributed by atoms with Crippen LogP contribution < -0.4 is 10.2 Å². The summed E-state index contributed by atoms with van der Waals surface area (Å²) in [5, 5.41) is 12.3. The van der Waals surface area contributed by atoms with Gasteiger partial charge in [-0.1, -0.05) is 18.2 Å². The van der Waals surface area contributed by atoms with Crippen LogP contribution in [0.5, 0.6) is 0 Å². The Labute approximate surface area is 146 Å². The van der Waals surface area contributed by atoms with E-state index < -0.39 is 5.97 Å². The Hall–Kier alpha value is -2.86. The molecule has 0 unspecified atom stereocenters. The van der Waals surface area contributed by atoms with E-state index in [1.165, 1.54) is 6.07 Å². The molecule has 25 heavy (non-hydrogen) atoms. The van der Waals surface area contributed by atoms with Gasteiger partial charge in [-0.3, -0.25) is 4.79 Å². The summed E-state index contributed by atoms with van der Waals surface area (Å²) in [5.74, 6) is -1.28. The van der Waals surface area contributed by atoms with Crippen LogP contribution in [0.1, 0.15) is 26.3 Å². The smallest absolute Gasteiger partial charge is 0.337 e. The van der Waals surface area contributed by atoms with E-state index in [0.717, 1.165) is 5.56 Å². The molecule has 1 aliphatic rings. The van der Waals surface area contributed by atoms with Gasteiger partial charge in [0.05, 0.1) is 24.5 Å². The molecule has 0 radical (unpaired) electrons. The summed E-state index contributed by atoms with van der Waals surface area (Å²) in [7, 11) is 0. The van der Waals surface area contributed by atoms with Crippen LogP contribution in [0, 0.1) is 6.92 Å². The number of carbonyl (C=O) groups excluding carboxylic acids is 1. The molecule has 0 saturated carbocycles. The summed E-state index contributed by atoms with van der Waals surface area (Å²) in [5.41, 5.74) is 2.71. The molecule has 6 nitrogen and oxygen atoms in total. The van der Waals surface area contributed by atoms with Gasteiger partial charge < -0.3 is 20.1 Å². The number of morpholine rings is 1. The lowest BCUT2D eigenvalue weighted by molar-refractivity contribution is 0.0696. The quantitative estimate of drug-likeness (QED) is 0.895. The van der Waals surface area contributed by atoms with Crippen molar-refractivity contribution in [2.75, 3.05) is 36.5 Å². The number of carboxylic acids is 1. The fraction of sp³-hybridized carbons (Fsp3) is 0.263. The average molecular weight is 340 g/mol. The van der Waals surface area contributed by atoms with Crippen molar-refractivity contribution in [2.45, 2.75) is 6.92 Å². The number of anilines is 2. The van der Waals surface area contributed by atoms with Crippen molar-refractivity contribution in [1.82, 2.24) is 0 Å². The van der Waals surface area contributed by atoms with E-state index in [4.69, 9.17) is 4.74 Å². The van der Waals surface area contributed by atoms with Crippen LogP contribution in [0.15, 0.2) is 42.5 Å². The molecule has 2 aromatic rings. The molecule has 1 heterocycles. The highest BCUT2D eigenvalue weighted by molar-refractivity contribution is 6.06. The number of benzene rings is 2. The molecular weight excluding hydrogens is 320 g/mol. The number of hydrogen-bond donors (Lipinski definition) is 2. The maximum absolute atomic E-state index is 12.4. The van der Waals surface area contributed by atoms with E-state index in [1.807, 2.05) is 24.0 Å². The monoisotopic (exact) mass is 340 g/mol. The predicted octanol–water partition coefficient (Wildman–Crippen LogP) is 2.78. The van der Waals surface area contributed by atoms with Crippen LogP contribution in [0.2, 0.25) is 0 Å². The highest BCUT2D eigenvalue weighted by Gasteiger charge is 2.19. The first-order valence-electron chi connectivity index (χ1n) is 8.13. The van der Waals surface area contributed by atoms with Crippen molar-refractivity contribution in [1.29, 1.82) is 0 Å². The molecular formula is C19H20N2O4. The molecule has 1 saturated heterocycles. The molecule has 0 aliphatic carbocycles. The minimum Gasteiger partial charge on any atom is -0.478 e. The van der Waals surface area contributed by atoms with Gasteiger partial charge in [0.15, 0.2) is 0 Å². The number of aryl methyl sites for hydroxylation is 1. The number of hydrogen-bond acceptors (Lipinski definition) is 4. The second-order valence-electron chi connectivity index (χ2n) is 5.91. The fourth-order valence-corrected chi connectivity index (χ4v) is 2.89. The van der Waals surface area contributed by atoms with E-state index in [0.29, 0.717) is 43.2 Å². The SMILES string of the molecule is Cc1ccccc1C(=O)Nc1ccc(N2CCOCC2)c(C(=O)O)c1. The largest absolute Gasteiger partial charge is 0.478 e. The number of amides is 1. The van der Waals surface area contributed by atoms with E-state index in [1.54, 1.807) is 24.3 Å². The Morgan fingerprint density at radius 3 is 2.48 bits per heavy atom. The van der Waals surface area contributed by atoms with Gasteiger partial charge in [0.2, 0.25) is 0 Å². The number of nitrogens with one attached hydrogen (secondary N) is 1. The van der Waals surface area contributed by atoms with Gasteiger partial charge in [-0.05, 0) is 36.8 Å². The zero-order valence-corrected chi connectivity index (χ0v) is 14.0. The summed E-state index contributed by atoms with van der Waals surface area (Å²) >= 11 is 0. The average Bonchev–Trinajstić information content (AvgIpc) is 2.62. The van der Waals surface area contributed by atoms with Crippen LogP contribution in [0.4, 0.5) is 11.4 Å². The highest BCUT2D eigenvalue weighted by atomic mass is 16.5. The van der Waals surface area contributed by atoms with Gasteiger partial charge in [0.1, 0.15) is 0 Å². The van der Waals surface area contributed by atoms with E-state index in [-0.39, 0.29) is 11.5 Å². The Balaban J connectivity index is 1.85. The summed E-state index contributed by atoms with van der Waals surface area (Å²) in [6.07, 6.45) is 0. The maximum Gasteiger partial charge on any atom is 0.337 e. The Morgan fingerprint density at radius 1 is 1.08 bits per heavy atom. The molecule has 1 amide bonds. The molecule has 3 rings (SSSR count). The van der Waals surface area contributed by atoms with Gasteiger partial charge in [-0.2, -0.15) is 0 Å². The van der Waals surface area contributed by atoms with Gasteiger partial charge in [0.25, 0.3) is 5.91 Å². The molecule has 2 N–H and O–H groups in total. The first-order valence-corrected chi connectivity index (χ1v) is 8.13. The first kappa shape index (κ1) is 17.0. The standard InChI is InChI=1S/C19H20N2O4/c1-13-4-2-3-5-15(13)18(22)20-14-6-7-17(16(12-14)19(23)24)21-8-10-25-11-9-21/h2-7,12H,8-11H2,1H3,(H,20,22)(H,23,24). The van der Waals surface area contributed by atoms with Gasteiger partial charge in [0, 0.05) is 24.3 Å². The van der Waals surface area contributed by atoms with Crippen LogP contribution in [-0.2, 0) is 4.74 Å². The summed E-state index contributed by atoms with van der Waals surface area (Å²) in [6, 6.07) is 12.2. The molecule has 2 aromatic carbocycles. The van der Waals surface area contributed by atoms with Gasteiger partial charge in [-0.25, -0.2) is 4.79 Å². The van der Waals surface area contributed by atoms with Gasteiger partial charge in [-0.15, -0.1) is 0 Å². The lowest BCUT2D eigenvalue weighted by Crippen LogP contribution is -2.37. The Morgan fingerprint density at radius 2 is 1.80 bits per heavy atom. The topological polar surface area (TPSA) is 78.9 Å². The van der Waals surface area contributed by atoms with Crippen molar-refractivity contribution in [2.24, 2.45) is 0 Å². The summed E-state index contributed by atoms with van der Waals surface area (Å²) in [4.78, 5) is 26.1. The lowest BCUT2D eigenvalue weighted by Gasteiger charge is -2.30. The number of carboxylic acid groups (broad SMARTS) is 1. The summed E-state index contributed by atoms with van der Waals surface area (Å²) < 4.78 is 5.31. The normalized spacial score (nSPS) is 14.2. The molecule has 0 bridgehead atoms. The van der Waals surface area contributed by atoms with Crippen molar-refractivity contribution < 1.29 is 19.4 Å². The van der Waals surface area contributed by atoms with Crippen molar-refractivity contribution in [3.8, 4) is 0 Å². The minimum atomic E-state index is -1.02. The number of carbonyl (C=O) groups is 2. The number of rotatable bonds is 4. The van der Waals surface area contributed by atoms with E-state index in [2.05, 4.69) is 5.32 Å². The van der Waals surface area contributed by atoms with Crippen molar-refractivity contribution >= 4 is 23.3 Å². The third-order valence-corrected chi connectivity index (χ3v) is 4.23. The molecule has 0 atom stereocenters. The molecule has 1 fully saturated rings. The summed E-state index contributed by atoms with van der Waals surface area (Å²) in [6.45, 7) is 4.30. The zero-order chi connectivity index (χ0) is 17.8. The molecule has 6 heteroatoms. The lowest BCUT2D eigenvalue weighted by atomic mass is 10.1. The van der Waals surface area contributed by atoms with Gasteiger partial charge >= 0.3 is 5.97 Å². The Bertz CT molecular complexity index is 798. The third kappa shape index (κ3) is 3.80. The minimum absolute atomic E-state index is 0.171. The van der Waals surface area contributed by atoms with E-state index >= 15 is 0 Å². The molecule has 0 spiro atoms. The van der Waals surface area contributed by atoms with Crippen LogP contribution in [-0.4, -0.2) is 43.3 Å². The Kier molecular flexibility index (Phi) is 5.00. The molecule has 0 aromatic heterocycles. The number of nitrogens with zero attached hydrogens (tertiary/aromatic N) is 1. The number of aromatic carboxylic acids is 1.